The number of pyridine rings is 1. The van der Waals surface area contributed by atoms with Crippen molar-refractivity contribution in [1.82, 2.24) is 15.0 Å². The Bertz CT molecular complexity index is 595. The lowest BCUT2D eigenvalue weighted by molar-refractivity contribution is 0.898. The molecule has 1 aliphatic carbocycles. The van der Waals surface area contributed by atoms with Gasteiger partial charge in [0.2, 0.25) is 0 Å². The smallest absolute Gasteiger partial charge is 0.144 e. The van der Waals surface area contributed by atoms with Crippen molar-refractivity contribution in [2.45, 2.75) is 25.8 Å². The maximum atomic E-state index is 9.15. The Morgan fingerprint density at radius 2 is 2.39 bits per heavy atom. The minimum Gasteiger partial charge on any atom is -0.362 e. The highest BCUT2D eigenvalue weighted by atomic mass is 15.0. The first-order chi connectivity index (χ1) is 8.86. The highest BCUT2D eigenvalue weighted by Gasteiger charge is 2.16. The van der Waals surface area contributed by atoms with E-state index in [1.54, 1.807) is 12.4 Å². The van der Waals surface area contributed by atoms with Crippen molar-refractivity contribution in [2.75, 3.05) is 5.32 Å². The van der Waals surface area contributed by atoms with Crippen LogP contribution in [0.25, 0.3) is 0 Å². The molecule has 3 rings (SSSR count). The normalized spacial score (nSPS) is 13.1. The van der Waals surface area contributed by atoms with Gasteiger partial charge in [0.15, 0.2) is 0 Å². The summed E-state index contributed by atoms with van der Waals surface area (Å²) in [5.41, 5.74) is 2.95. The van der Waals surface area contributed by atoms with Crippen LogP contribution in [-0.2, 0) is 19.4 Å². The number of aromatic amines is 1. The van der Waals surface area contributed by atoms with Crippen LogP contribution in [0.2, 0.25) is 0 Å². The van der Waals surface area contributed by atoms with E-state index in [0.717, 1.165) is 30.8 Å². The molecular weight excluding hydrogens is 226 g/mol. The van der Waals surface area contributed by atoms with Gasteiger partial charge in [-0.25, -0.2) is 9.97 Å². The number of nitrogens with one attached hydrogen (secondary N) is 2. The number of nitriles is 1. The first-order valence-corrected chi connectivity index (χ1v) is 6.02. The van der Waals surface area contributed by atoms with Crippen LogP contribution in [0.15, 0.2) is 18.5 Å². The lowest BCUT2D eigenvalue weighted by Gasteiger charge is -2.08. The van der Waals surface area contributed by atoms with E-state index in [-0.39, 0.29) is 0 Å². The van der Waals surface area contributed by atoms with Crippen molar-refractivity contribution < 1.29 is 0 Å². The molecule has 0 amide bonds. The van der Waals surface area contributed by atoms with Crippen molar-refractivity contribution in [2.24, 2.45) is 0 Å². The number of anilines is 1. The maximum absolute atomic E-state index is 9.15. The van der Waals surface area contributed by atoms with Crippen LogP contribution in [0, 0.1) is 11.3 Å². The number of hydrogen-bond acceptors (Lipinski definition) is 4. The minimum absolute atomic E-state index is 0.549. The summed E-state index contributed by atoms with van der Waals surface area (Å²) in [6, 6.07) is 4.16. The van der Waals surface area contributed by atoms with Gasteiger partial charge in [0.25, 0.3) is 0 Å². The fourth-order valence-corrected chi connectivity index (χ4v) is 2.25. The summed E-state index contributed by atoms with van der Waals surface area (Å²) in [7, 11) is 0. The monoisotopic (exact) mass is 239 g/mol. The Morgan fingerprint density at radius 3 is 3.17 bits per heavy atom. The third kappa shape index (κ3) is 1.93. The van der Waals surface area contributed by atoms with Crippen molar-refractivity contribution in [1.29, 1.82) is 5.26 Å². The van der Waals surface area contributed by atoms with Crippen molar-refractivity contribution >= 4 is 5.82 Å². The summed E-state index contributed by atoms with van der Waals surface area (Å²) in [5, 5.41) is 12.3. The van der Waals surface area contributed by atoms with Crippen LogP contribution < -0.4 is 5.32 Å². The van der Waals surface area contributed by atoms with E-state index in [0.29, 0.717) is 17.9 Å². The molecule has 0 aliphatic heterocycles. The summed E-state index contributed by atoms with van der Waals surface area (Å²) in [6.45, 7) is 0.549. The Balaban J connectivity index is 1.85. The van der Waals surface area contributed by atoms with Gasteiger partial charge in [0, 0.05) is 18.1 Å². The van der Waals surface area contributed by atoms with Gasteiger partial charge in [-0.3, -0.25) is 0 Å². The number of fused-ring (bicyclic) bond motifs is 1. The van der Waals surface area contributed by atoms with Gasteiger partial charge in [0.05, 0.1) is 12.1 Å². The molecule has 0 saturated heterocycles. The molecule has 2 aromatic rings. The second-order valence-electron chi connectivity index (χ2n) is 4.35. The van der Waals surface area contributed by atoms with Gasteiger partial charge >= 0.3 is 0 Å². The fourth-order valence-electron chi connectivity index (χ4n) is 2.25. The van der Waals surface area contributed by atoms with E-state index in [1.165, 1.54) is 5.56 Å². The standard InChI is InChI=1S/C13H13N5/c14-7-10-6-9-2-1-3-11(9)18-13(10)17-8-12-15-4-5-16-12/h4-6H,1-3,8H2,(H,15,16)(H,17,18). The predicted octanol–water partition coefficient (Wildman–Crippen LogP) is 1.78. The van der Waals surface area contributed by atoms with Gasteiger partial charge in [0.1, 0.15) is 17.7 Å². The first kappa shape index (κ1) is 10.8. The molecule has 5 nitrogen and oxygen atoms in total. The molecule has 2 aromatic heterocycles. The first-order valence-electron chi connectivity index (χ1n) is 6.02. The van der Waals surface area contributed by atoms with Crippen LogP contribution >= 0.6 is 0 Å². The Labute approximate surface area is 105 Å². The van der Waals surface area contributed by atoms with Crippen LogP contribution in [0.4, 0.5) is 5.82 Å². The summed E-state index contributed by atoms with van der Waals surface area (Å²) in [6.07, 6.45) is 6.66. The van der Waals surface area contributed by atoms with Gasteiger partial charge in [-0.15, -0.1) is 0 Å². The summed E-state index contributed by atoms with van der Waals surface area (Å²) in [5.74, 6) is 1.50. The SMILES string of the molecule is N#Cc1cc2c(nc1NCc1ncc[nH]1)CCC2. The molecule has 1 aliphatic rings. The molecule has 2 heterocycles. The molecule has 0 radical (unpaired) electrons. The molecular formula is C13H13N5. The van der Waals surface area contributed by atoms with Crippen LogP contribution in [0.3, 0.4) is 0 Å². The summed E-state index contributed by atoms with van der Waals surface area (Å²) in [4.78, 5) is 11.7. The fraction of sp³-hybridized carbons (Fsp3) is 0.308. The Morgan fingerprint density at radius 1 is 1.44 bits per heavy atom. The molecule has 0 spiro atoms. The largest absolute Gasteiger partial charge is 0.362 e. The third-order valence-corrected chi connectivity index (χ3v) is 3.15. The zero-order valence-electron chi connectivity index (χ0n) is 9.90. The van der Waals surface area contributed by atoms with Gasteiger partial charge < -0.3 is 10.3 Å². The number of imidazole rings is 1. The average Bonchev–Trinajstić information content (AvgIpc) is 3.05. The number of rotatable bonds is 3. The van der Waals surface area contributed by atoms with Crippen LogP contribution in [0.1, 0.15) is 29.1 Å². The Hall–Kier alpha value is -2.35. The van der Waals surface area contributed by atoms with Gasteiger partial charge in [-0.05, 0) is 30.9 Å². The highest BCUT2D eigenvalue weighted by molar-refractivity contribution is 5.55. The molecule has 5 heteroatoms. The molecule has 0 saturated carbocycles. The van der Waals surface area contributed by atoms with Gasteiger partial charge in [-0.2, -0.15) is 5.26 Å². The quantitative estimate of drug-likeness (QED) is 0.855. The minimum atomic E-state index is 0.549. The molecule has 0 unspecified atom stereocenters. The zero-order valence-corrected chi connectivity index (χ0v) is 9.90. The maximum Gasteiger partial charge on any atom is 0.144 e. The number of aromatic nitrogens is 3. The molecule has 90 valence electrons. The van der Waals surface area contributed by atoms with Crippen molar-refractivity contribution in [3.63, 3.8) is 0 Å². The lowest BCUT2D eigenvalue weighted by atomic mass is 10.1. The van der Waals surface area contributed by atoms with E-state index < -0.39 is 0 Å². The zero-order chi connectivity index (χ0) is 12.4. The molecule has 2 N–H and O–H groups in total. The van der Waals surface area contributed by atoms with E-state index in [1.807, 2.05) is 6.07 Å². The van der Waals surface area contributed by atoms with Gasteiger partial charge in [-0.1, -0.05) is 0 Å². The van der Waals surface area contributed by atoms with E-state index in [2.05, 4.69) is 26.3 Å². The van der Waals surface area contributed by atoms with Crippen molar-refractivity contribution in [3.05, 3.63) is 41.1 Å². The number of hydrogen-bond donors (Lipinski definition) is 2. The third-order valence-electron chi connectivity index (χ3n) is 3.15. The van der Waals surface area contributed by atoms with Crippen LogP contribution in [-0.4, -0.2) is 15.0 Å². The van der Waals surface area contributed by atoms with E-state index >= 15 is 0 Å². The van der Waals surface area contributed by atoms with Crippen LogP contribution in [0.5, 0.6) is 0 Å². The summed E-state index contributed by atoms with van der Waals surface area (Å²) < 4.78 is 0. The molecule has 0 fully saturated rings. The topological polar surface area (TPSA) is 77.4 Å². The molecule has 0 atom stereocenters. The molecule has 0 bridgehead atoms. The van der Waals surface area contributed by atoms with Crippen molar-refractivity contribution in [3.8, 4) is 6.07 Å². The second kappa shape index (κ2) is 4.49. The Kier molecular flexibility index (Phi) is 2.69. The van der Waals surface area contributed by atoms with E-state index in [4.69, 9.17) is 5.26 Å². The van der Waals surface area contributed by atoms with E-state index in [9.17, 15) is 0 Å². The average molecular weight is 239 g/mol. The highest BCUT2D eigenvalue weighted by Crippen LogP contribution is 2.24. The predicted molar refractivity (Wildman–Crippen MR) is 66.9 cm³/mol. The number of H-pyrrole nitrogens is 1. The summed E-state index contributed by atoms with van der Waals surface area (Å²) >= 11 is 0. The second-order valence-corrected chi connectivity index (χ2v) is 4.35. The number of nitrogens with zero attached hydrogens (tertiary/aromatic N) is 3. The molecule has 18 heavy (non-hydrogen) atoms. The molecule has 0 aromatic carbocycles. The number of aryl methyl sites for hydroxylation is 2. The lowest BCUT2D eigenvalue weighted by Crippen LogP contribution is -2.06.